The van der Waals surface area contributed by atoms with E-state index in [1.165, 1.54) is 10.9 Å². The van der Waals surface area contributed by atoms with E-state index in [2.05, 4.69) is 35.8 Å². The first-order valence-corrected chi connectivity index (χ1v) is 8.74. The first-order chi connectivity index (χ1) is 14.0. The highest BCUT2D eigenvalue weighted by Crippen LogP contribution is 2.17. The second-order valence-corrected chi connectivity index (χ2v) is 6.18. The molecule has 0 saturated carbocycles. The van der Waals surface area contributed by atoms with Crippen molar-refractivity contribution in [1.82, 2.24) is 35.6 Å². The van der Waals surface area contributed by atoms with Crippen molar-refractivity contribution in [3.8, 4) is 11.6 Å². The molecule has 1 amide bonds. The molecule has 12 heteroatoms. The van der Waals surface area contributed by atoms with E-state index in [1.54, 1.807) is 0 Å². The Morgan fingerprint density at radius 1 is 1.38 bits per heavy atom. The van der Waals surface area contributed by atoms with Gasteiger partial charge in [0, 0.05) is 12.1 Å². The van der Waals surface area contributed by atoms with Crippen molar-refractivity contribution < 1.29 is 14.2 Å². The third-order valence-corrected chi connectivity index (χ3v) is 3.73. The normalized spacial score (nSPS) is 11.3. The number of nitrogens with zero attached hydrogens (tertiary/aromatic N) is 7. The zero-order valence-corrected chi connectivity index (χ0v) is 16.2. The van der Waals surface area contributed by atoms with Crippen LogP contribution in [0.5, 0.6) is 5.75 Å². The number of benzene rings is 1. The molecule has 3 aromatic rings. The number of carbonyl (C=O) groups is 1. The summed E-state index contributed by atoms with van der Waals surface area (Å²) in [5.41, 5.74) is 9.46. The molecule has 0 bridgehead atoms. The zero-order chi connectivity index (χ0) is 20.8. The summed E-state index contributed by atoms with van der Waals surface area (Å²) in [5.74, 6) is 0.324. The van der Waals surface area contributed by atoms with Crippen LogP contribution in [0.2, 0.25) is 0 Å². The van der Waals surface area contributed by atoms with Gasteiger partial charge in [0.05, 0.1) is 18.5 Å². The summed E-state index contributed by atoms with van der Waals surface area (Å²) < 4.78 is 11.5. The van der Waals surface area contributed by atoms with Crippen molar-refractivity contribution in [2.45, 2.75) is 13.5 Å². The van der Waals surface area contributed by atoms with Gasteiger partial charge >= 0.3 is 0 Å². The van der Waals surface area contributed by atoms with Crippen molar-refractivity contribution in [3.05, 3.63) is 41.2 Å². The largest absolute Gasteiger partial charge is 0.493 e. The van der Waals surface area contributed by atoms with Crippen molar-refractivity contribution in [1.29, 1.82) is 0 Å². The Hall–Kier alpha value is -3.80. The average molecular weight is 399 g/mol. The third-order valence-electron chi connectivity index (χ3n) is 3.73. The molecule has 12 nitrogen and oxygen atoms in total. The van der Waals surface area contributed by atoms with Crippen LogP contribution in [0.1, 0.15) is 28.7 Å². The average Bonchev–Trinajstić information content (AvgIpc) is 3.28. The molecule has 0 saturated heterocycles. The number of nitrogens with one attached hydrogen (secondary N) is 1. The number of hydrogen-bond acceptors (Lipinski definition) is 10. The minimum atomic E-state index is -0.534. The number of nitrogens with two attached hydrogens (primary N) is 1. The third kappa shape index (κ3) is 4.55. The van der Waals surface area contributed by atoms with Crippen LogP contribution in [0.15, 0.2) is 34.0 Å². The molecule has 2 heterocycles. The summed E-state index contributed by atoms with van der Waals surface area (Å²) in [5, 5.41) is 19.2. The van der Waals surface area contributed by atoms with Crippen molar-refractivity contribution >= 4 is 17.9 Å². The molecule has 0 unspecified atom stereocenters. The molecule has 3 rings (SSSR count). The van der Waals surface area contributed by atoms with Crippen LogP contribution < -0.4 is 15.9 Å². The van der Waals surface area contributed by atoms with E-state index >= 15 is 0 Å². The molecule has 0 spiro atoms. The highest BCUT2D eigenvalue weighted by Gasteiger charge is 2.24. The predicted molar refractivity (Wildman–Crippen MR) is 104 cm³/mol. The van der Waals surface area contributed by atoms with Crippen LogP contribution >= 0.6 is 0 Å². The fourth-order valence-electron chi connectivity index (χ4n) is 2.51. The summed E-state index contributed by atoms with van der Waals surface area (Å²) in [7, 11) is 3.68. The van der Waals surface area contributed by atoms with E-state index in [9.17, 15) is 4.79 Å². The Morgan fingerprint density at radius 3 is 2.86 bits per heavy atom. The van der Waals surface area contributed by atoms with Gasteiger partial charge in [-0.2, -0.15) is 9.78 Å². The maximum Gasteiger partial charge on any atom is 0.293 e. The summed E-state index contributed by atoms with van der Waals surface area (Å²) in [4.78, 5) is 14.5. The summed E-state index contributed by atoms with van der Waals surface area (Å²) in [6, 6.07) is 7.36. The zero-order valence-electron chi connectivity index (χ0n) is 16.2. The fraction of sp³-hybridized carbons (Fsp3) is 0.294. The Labute approximate surface area is 166 Å². The van der Waals surface area contributed by atoms with Crippen LogP contribution in [-0.4, -0.2) is 63.0 Å². The highest BCUT2D eigenvalue weighted by molar-refractivity contribution is 5.94. The van der Waals surface area contributed by atoms with E-state index in [-0.39, 0.29) is 17.3 Å². The molecular formula is C17H21N9O3. The smallest absolute Gasteiger partial charge is 0.293 e. The topological polar surface area (TPSA) is 150 Å². The number of rotatable bonds is 8. The van der Waals surface area contributed by atoms with Gasteiger partial charge in [-0.05, 0) is 43.5 Å². The molecule has 0 aliphatic heterocycles. The predicted octanol–water partition coefficient (Wildman–Crippen LogP) is 0.457. The van der Waals surface area contributed by atoms with Crippen LogP contribution in [0.3, 0.4) is 0 Å². The summed E-state index contributed by atoms with van der Waals surface area (Å²) in [6.07, 6.45) is 1.50. The van der Waals surface area contributed by atoms with E-state index in [4.69, 9.17) is 10.5 Å². The van der Waals surface area contributed by atoms with Crippen LogP contribution in [0.4, 0.5) is 5.82 Å². The van der Waals surface area contributed by atoms with Gasteiger partial charge in [-0.25, -0.2) is 10.1 Å². The molecule has 152 valence electrons. The minimum absolute atomic E-state index is 0.0346. The van der Waals surface area contributed by atoms with E-state index in [0.29, 0.717) is 24.6 Å². The van der Waals surface area contributed by atoms with Gasteiger partial charge in [-0.15, -0.1) is 5.10 Å². The first kappa shape index (κ1) is 19.9. The molecule has 0 fully saturated rings. The molecule has 29 heavy (non-hydrogen) atoms. The van der Waals surface area contributed by atoms with E-state index < -0.39 is 5.91 Å². The first-order valence-electron chi connectivity index (χ1n) is 8.74. The number of hydrazone groups is 1. The fourth-order valence-corrected chi connectivity index (χ4v) is 2.51. The Balaban J connectivity index is 1.82. The van der Waals surface area contributed by atoms with Gasteiger partial charge in [0.1, 0.15) is 5.75 Å². The number of anilines is 1. The Kier molecular flexibility index (Phi) is 6.14. The number of nitrogen functional groups attached to an aromatic ring is 1. The summed E-state index contributed by atoms with van der Waals surface area (Å²) in [6.45, 7) is 2.76. The van der Waals surface area contributed by atoms with Crippen LogP contribution in [-0.2, 0) is 6.54 Å². The van der Waals surface area contributed by atoms with Crippen molar-refractivity contribution in [2.75, 3.05) is 26.4 Å². The van der Waals surface area contributed by atoms with Crippen molar-refractivity contribution in [3.63, 3.8) is 0 Å². The molecule has 1 aromatic carbocycles. The second kappa shape index (κ2) is 8.93. The quantitative estimate of drug-likeness (QED) is 0.407. The number of hydrogen-bond donors (Lipinski definition) is 2. The molecule has 3 N–H and O–H groups in total. The highest BCUT2D eigenvalue weighted by atomic mass is 16.6. The lowest BCUT2D eigenvalue weighted by atomic mass is 10.2. The van der Waals surface area contributed by atoms with Crippen molar-refractivity contribution in [2.24, 2.45) is 5.10 Å². The molecule has 0 atom stereocenters. The number of ether oxygens (including phenoxy) is 1. The van der Waals surface area contributed by atoms with Gasteiger partial charge in [0.15, 0.2) is 5.69 Å². The van der Waals surface area contributed by atoms with Gasteiger partial charge in [-0.3, -0.25) is 4.79 Å². The number of para-hydroxylation sites is 1. The molecular weight excluding hydrogens is 378 g/mol. The Morgan fingerprint density at radius 2 is 2.17 bits per heavy atom. The maximum atomic E-state index is 12.6. The van der Waals surface area contributed by atoms with Gasteiger partial charge < -0.3 is 15.4 Å². The van der Waals surface area contributed by atoms with Crippen LogP contribution in [0, 0.1) is 0 Å². The SMILES string of the molecule is CCOc1ccccc1/C=N/NC(=O)c1nnn(-c2nonc2N)c1CN(C)C. The number of carbonyl (C=O) groups excluding carboxylic acids is 1. The molecule has 0 aliphatic rings. The standard InChI is InChI=1S/C17H21N9O3/c1-4-28-13-8-6-5-7-11(13)9-19-21-17(27)14-12(10-25(2)3)26(24-20-14)16-15(18)22-29-23-16/h5-9H,4,10H2,1-3H3,(H2,18,22)(H,21,27)/b19-9+. The molecule has 2 aromatic heterocycles. The lowest BCUT2D eigenvalue weighted by molar-refractivity contribution is 0.0948. The Bertz CT molecular complexity index is 1010. The van der Waals surface area contributed by atoms with Gasteiger partial charge in [0.25, 0.3) is 5.91 Å². The van der Waals surface area contributed by atoms with E-state index in [1.807, 2.05) is 50.2 Å². The lowest BCUT2D eigenvalue weighted by Gasteiger charge is -2.11. The number of amides is 1. The monoisotopic (exact) mass is 399 g/mol. The van der Waals surface area contributed by atoms with E-state index in [0.717, 1.165) is 5.56 Å². The molecule has 0 aliphatic carbocycles. The van der Waals surface area contributed by atoms with Crippen LogP contribution in [0.25, 0.3) is 5.82 Å². The minimum Gasteiger partial charge on any atom is -0.493 e. The second-order valence-electron chi connectivity index (χ2n) is 6.18. The van der Waals surface area contributed by atoms with Gasteiger partial charge in [-0.1, -0.05) is 17.3 Å². The lowest BCUT2D eigenvalue weighted by Crippen LogP contribution is -2.23. The van der Waals surface area contributed by atoms with Gasteiger partial charge in [0.2, 0.25) is 11.6 Å². The number of aromatic nitrogens is 5. The molecule has 0 radical (unpaired) electrons. The summed E-state index contributed by atoms with van der Waals surface area (Å²) >= 11 is 0. The maximum absolute atomic E-state index is 12.6.